The summed E-state index contributed by atoms with van der Waals surface area (Å²) in [6.45, 7) is 2.77. The first-order chi connectivity index (χ1) is 9.93. The fourth-order valence-corrected chi connectivity index (χ4v) is 2.12. The summed E-state index contributed by atoms with van der Waals surface area (Å²) in [5, 5.41) is 2.79. The maximum atomic E-state index is 12.9. The number of unbranched alkanes of at least 4 members (excludes halogenated alkanes) is 1. The van der Waals surface area contributed by atoms with Crippen molar-refractivity contribution in [3.63, 3.8) is 0 Å². The molecule has 3 nitrogen and oxygen atoms in total. The van der Waals surface area contributed by atoms with Gasteiger partial charge in [-0.15, -0.1) is 0 Å². The molecule has 2 aromatic rings. The Balaban J connectivity index is 2.33. The van der Waals surface area contributed by atoms with Crippen molar-refractivity contribution >= 4 is 17.5 Å². The number of aromatic nitrogens is 2. The molecule has 1 aromatic carbocycles. The van der Waals surface area contributed by atoms with E-state index in [1.165, 1.54) is 18.3 Å². The standard InChI is InChI=1S/C14H15ClF3N3/c1-2-3-6-19-13-20-7-8-21(13)10-4-5-12(15)11(9-10)14(16,17)18/h4-5,7-9H,2-3,6H2,1H3,(H,19,20). The maximum Gasteiger partial charge on any atom is 0.417 e. The highest BCUT2D eigenvalue weighted by Crippen LogP contribution is 2.36. The molecule has 0 amide bonds. The van der Waals surface area contributed by atoms with Gasteiger partial charge in [0.2, 0.25) is 5.95 Å². The van der Waals surface area contributed by atoms with Crippen molar-refractivity contribution in [2.45, 2.75) is 25.9 Å². The van der Waals surface area contributed by atoms with E-state index in [0.29, 0.717) is 18.2 Å². The second kappa shape index (κ2) is 6.39. The van der Waals surface area contributed by atoms with Gasteiger partial charge < -0.3 is 5.32 Å². The molecule has 0 spiro atoms. The topological polar surface area (TPSA) is 29.9 Å². The Labute approximate surface area is 125 Å². The normalized spacial score (nSPS) is 11.7. The van der Waals surface area contributed by atoms with Crippen LogP contribution in [0.2, 0.25) is 5.02 Å². The van der Waals surface area contributed by atoms with E-state index in [4.69, 9.17) is 11.6 Å². The van der Waals surface area contributed by atoms with Gasteiger partial charge in [-0.1, -0.05) is 24.9 Å². The third-order valence-corrected chi connectivity index (χ3v) is 3.32. The van der Waals surface area contributed by atoms with Gasteiger partial charge in [0.1, 0.15) is 0 Å². The van der Waals surface area contributed by atoms with Gasteiger partial charge in [-0.2, -0.15) is 13.2 Å². The second-order valence-electron chi connectivity index (χ2n) is 4.56. The number of nitrogens with zero attached hydrogens (tertiary/aromatic N) is 2. The Morgan fingerprint density at radius 3 is 2.76 bits per heavy atom. The molecule has 1 N–H and O–H groups in total. The summed E-state index contributed by atoms with van der Waals surface area (Å²) in [5.74, 6) is 0.513. The number of benzene rings is 1. The van der Waals surface area contributed by atoms with Crippen molar-refractivity contribution in [2.75, 3.05) is 11.9 Å². The monoisotopic (exact) mass is 317 g/mol. The lowest BCUT2D eigenvalue weighted by Crippen LogP contribution is -2.10. The van der Waals surface area contributed by atoms with E-state index in [0.717, 1.165) is 18.9 Å². The highest BCUT2D eigenvalue weighted by atomic mass is 35.5. The molecule has 1 heterocycles. The molecule has 0 aliphatic carbocycles. The SMILES string of the molecule is CCCCNc1nccn1-c1ccc(Cl)c(C(F)(F)F)c1. The van der Waals surface area contributed by atoms with Crippen molar-refractivity contribution in [2.24, 2.45) is 0 Å². The van der Waals surface area contributed by atoms with Crippen LogP contribution in [0.4, 0.5) is 19.1 Å². The van der Waals surface area contributed by atoms with Crippen LogP contribution in [0.3, 0.4) is 0 Å². The van der Waals surface area contributed by atoms with Gasteiger partial charge in [0.25, 0.3) is 0 Å². The first-order valence-corrected chi connectivity index (χ1v) is 6.95. The van der Waals surface area contributed by atoms with Gasteiger partial charge in [-0.25, -0.2) is 4.98 Å². The van der Waals surface area contributed by atoms with Crippen molar-refractivity contribution in [1.29, 1.82) is 0 Å². The summed E-state index contributed by atoms with van der Waals surface area (Å²) < 4.78 is 40.3. The predicted molar refractivity (Wildman–Crippen MR) is 77.0 cm³/mol. The van der Waals surface area contributed by atoms with Crippen LogP contribution in [0.1, 0.15) is 25.3 Å². The Morgan fingerprint density at radius 1 is 1.33 bits per heavy atom. The van der Waals surface area contributed by atoms with Crippen molar-refractivity contribution in [3.05, 3.63) is 41.2 Å². The highest BCUT2D eigenvalue weighted by Gasteiger charge is 2.33. The Kier molecular flexibility index (Phi) is 4.77. The molecular formula is C14H15ClF3N3. The van der Waals surface area contributed by atoms with E-state index in [1.807, 2.05) is 0 Å². The van der Waals surface area contributed by atoms with Crippen molar-refractivity contribution in [1.82, 2.24) is 9.55 Å². The maximum absolute atomic E-state index is 12.9. The number of nitrogens with one attached hydrogen (secondary N) is 1. The van der Waals surface area contributed by atoms with E-state index in [2.05, 4.69) is 17.2 Å². The lowest BCUT2D eigenvalue weighted by Gasteiger charge is -2.13. The van der Waals surface area contributed by atoms with E-state index in [1.54, 1.807) is 10.8 Å². The molecule has 0 unspecified atom stereocenters. The van der Waals surface area contributed by atoms with Crippen LogP contribution in [-0.2, 0) is 6.18 Å². The summed E-state index contributed by atoms with van der Waals surface area (Å²) in [7, 11) is 0. The average Bonchev–Trinajstić information content (AvgIpc) is 2.87. The van der Waals surface area contributed by atoms with Crippen LogP contribution in [-0.4, -0.2) is 16.1 Å². The molecule has 7 heteroatoms. The summed E-state index contributed by atoms with van der Waals surface area (Å²) in [6.07, 6.45) is 0.644. The quantitative estimate of drug-likeness (QED) is 0.806. The molecule has 0 saturated heterocycles. The number of hydrogen-bond acceptors (Lipinski definition) is 2. The molecule has 114 valence electrons. The van der Waals surface area contributed by atoms with Crippen LogP contribution in [0.15, 0.2) is 30.6 Å². The van der Waals surface area contributed by atoms with E-state index in [9.17, 15) is 13.2 Å². The third kappa shape index (κ3) is 3.69. The molecule has 0 fully saturated rings. The molecular weight excluding hydrogens is 303 g/mol. The molecule has 0 aliphatic rings. The molecule has 0 saturated carbocycles. The zero-order valence-electron chi connectivity index (χ0n) is 11.4. The lowest BCUT2D eigenvalue weighted by atomic mass is 10.2. The second-order valence-corrected chi connectivity index (χ2v) is 4.97. The Bertz CT molecular complexity index is 608. The van der Waals surface area contributed by atoms with Gasteiger partial charge in [-0.3, -0.25) is 4.57 Å². The molecule has 0 bridgehead atoms. The highest BCUT2D eigenvalue weighted by molar-refractivity contribution is 6.31. The van der Waals surface area contributed by atoms with Crippen LogP contribution < -0.4 is 5.32 Å². The van der Waals surface area contributed by atoms with Gasteiger partial charge in [0, 0.05) is 24.6 Å². The van der Waals surface area contributed by atoms with Crippen LogP contribution >= 0.6 is 11.6 Å². The summed E-state index contributed by atoms with van der Waals surface area (Å²) in [6, 6.07) is 3.80. The third-order valence-electron chi connectivity index (χ3n) is 2.99. The number of halogens is 4. The number of hydrogen-bond donors (Lipinski definition) is 1. The van der Waals surface area contributed by atoms with Crippen molar-refractivity contribution in [3.8, 4) is 5.69 Å². The van der Waals surface area contributed by atoms with Crippen LogP contribution in [0.5, 0.6) is 0 Å². The largest absolute Gasteiger partial charge is 0.417 e. The van der Waals surface area contributed by atoms with Crippen LogP contribution in [0, 0.1) is 0 Å². The van der Waals surface area contributed by atoms with Gasteiger partial charge in [0.05, 0.1) is 10.6 Å². The molecule has 0 radical (unpaired) electrons. The summed E-state index contributed by atoms with van der Waals surface area (Å²) in [5.41, 5.74) is -0.488. The number of anilines is 1. The first kappa shape index (κ1) is 15.7. The zero-order valence-corrected chi connectivity index (χ0v) is 12.2. The average molecular weight is 318 g/mol. The number of alkyl halides is 3. The number of rotatable bonds is 5. The Morgan fingerprint density at radius 2 is 2.10 bits per heavy atom. The number of imidazole rings is 1. The smallest absolute Gasteiger partial charge is 0.355 e. The minimum Gasteiger partial charge on any atom is -0.355 e. The molecule has 21 heavy (non-hydrogen) atoms. The minimum absolute atomic E-state index is 0.313. The summed E-state index contributed by atoms with van der Waals surface area (Å²) >= 11 is 5.62. The first-order valence-electron chi connectivity index (χ1n) is 6.58. The molecule has 0 aliphatic heterocycles. The fraction of sp³-hybridized carbons (Fsp3) is 0.357. The fourth-order valence-electron chi connectivity index (χ4n) is 1.90. The van der Waals surface area contributed by atoms with E-state index < -0.39 is 11.7 Å². The van der Waals surface area contributed by atoms with E-state index >= 15 is 0 Å². The van der Waals surface area contributed by atoms with E-state index in [-0.39, 0.29) is 5.02 Å². The molecule has 1 aromatic heterocycles. The van der Waals surface area contributed by atoms with Gasteiger partial charge >= 0.3 is 6.18 Å². The van der Waals surface area contributed by atoms with Gasteiger partial charge in [-0.05, 0) is 24.6 Å². The minimum atomic E-state index is -4.48. The lowest BCUT2D eigenvalue weighted by molar-refractivity contribution is -0.137. The van der Waals surface area contributed by atoms with Crippen LogP contribution in [0.25, 0.3) is 5.69 Å². The molecule has 2 rings (SSSR count). The predicted octanol–water partition coefficient (Wildman–Crippen LogP) is 4.76. The Hall–Kier alpha value is -1.69. The zero-order chi connectivity index (χ0) is 15.5. The summed E-state index contributed by atoms with van der Waals surface area (Å²) in [4.78, 5) is 4.12. The van der Waals surface area contributed by atoms with Gasteiger partial charge in [0.15, 0.2) is 0 Å². The van der Waals surface area contributed by atoms with Crippen molar-refractivity contribution < 1.29 is 13.2 Å². The molecule has 0 atom stereocenters.